The summed E-state index contributed by atoms with van der Waals surface area (Å²) in [4.78, 5) is 41.1. The molecule has 0 fully saturated rings. The molecular weight excluding hydrogens is 504 g/mol. The molecule has 3 aromatic rings. The lowest BCUT2D eigenvalue weighted by Gasteiger charge is -2.18. The van der Waals surface area contributed by atoms with Crippen molar-refractivity contribution in [2.24, 2.45) is 16.6 Å². The summed E-state index contributed by atoms with van der Waals surface area (Å²) < 4.78 is 15.4. The van der Waals surface area contributed by atoms with Crippen molar-refractivity contribution in [2.75, 3.05) is 14.2 Å². The molecule has 12 heteroatoms. The van der Waals surface area contributed by atoms with Gasteiger partial charge in [0.2, 0.25) is 17.7 Å². The molecule has 0 spiro atoms. The van der Waals surface area contributed by atoms with Crippen LogP contribution in [0.2, 0.25) is 0 Å². The maximum atomic E-state index is 13.0. The van der Waals surface area contributed by atoms with Gasteiger partial charge in [0.15, 0.2) is 17.5 Å². The van der Waals surface area contributed by atoms with E-state index in [9.17, 15) is 14.4 Å². The number of nitrogens with one attached hydrogen (secondary N) is 3. The number of H-pyrrole nitrogens is 1. The number of rotatable bonds is 12. The summed E-state index contributed by atoms with van der Waals surface area (Å²) in [5, 5.41) is 11.5. The van der Waals surface area contributed by atoms with Gasteiger partial charge in [0, 0.05) is 12.1 Å². The Kier molecular flexibility index (Phi) is 10.2. The van der Waals surface area contributed by atoms with Crippen LogP contribution < -0.4 is 31.6 Å². The van der Waals surface area contributed by atoms with Gasteiger partial charge in [0.1, 0.15) is 6.04 Å². The molecule has 0 radical (unpaired) electrons. The lowest BCUT2D eigenvalue weighted by atomic mass is 9.99. The van der Waals surface area contributed by atoms with Crippen molar-refractivity contribution in [3.63, 3.8) is 0 Å². The highest BCUT2D eigenvalue weighted by Crippen LogP contribution is 2.27. The lowest BCUT2D eigenvalue weighted by Crippen LogP contribution is -2.41. The van der Waals surface area contributed by atoms with Crippen LogP contribution in [0.3, 0.4) is 0 Å². The van der Waals surface area contributed by atoms with Gasteiger partial charge < -0.3 is 24.9 Å². The number of aliphatic imine (C=N–C) groups is 1. The van der Waals surface area contributed by atoms with E-state index in [0.29, 0.717) is 29.0 Å². The third-order valence-electron chi connectivity index (χ3n) is 6.11. The largest absolute Gasteiger partial charge is 0.493 e. The van der Waals surface area contributed by atoms with E-state index in [4.69, 9.17) is 19.6 Å². The fourth-order valence-corrected chi connectivity index (χ4v) is 3.75. The van der Waals surface area contributed by atoms with Gasteiger partial charge in [-0.2, -0.15) is 0 Å². The summed E-state index contributed by atoms with van der Waals surface area (Å²) in [5.41, 5.74) is 8.17. The van der Waals surface area contributed by atoms with Gasteiger partial charge in [0.05, 0.1) is 20.6 Å². The SMILES string of the molecule is CCC(C)C[C@@H](N=C(N)NC(=O)Cc1ccc(OC)c(OC)c1)C(=O)NCc1ccc(-c2n[nH]c(=O)o2)cc1. The molecule has 2 aromatic carbocycles. The van der Waals surface area contributed by atoms with Crippen molar-refractivity contribution in [3.05, 3.63) is 64.1 Å². The Bertz CT molecular complexity index is 1350. The summed E-state index contributed by atoms with van der Waals surface area (Å²) >= 11 is 0. The molecule has 1 unspecified atom stereocenters. The number of carbonyl (C=O) groups excluding carboxylic acids is 2. The predicted octanol–water partition coefficient (Wildman–Crippen LogP) is 2.14. The summed E-state index contributed by atoms with van der Waals surface area (Å²) in [5.74, 6) is 0.0126. The zero-order valence-electron chi connectivity index (χ0n) is 22.4. The van der Waals surface area contributed by atoms with E-state index in [1.54, 1.807) is 42.5 Å². The number of amides is 2. The standard InChI is InChI=1S/C27H34N6O6/c1-5-16(2)12-20(24(35)29-15-17-6-9-19(10-7-17)25-32-33-27(36)39-25)30-26(28)31-23(34)14-18-8-11-21(37-3)22(13-18)38-4/h6-11,13,16,20H,5,12,14-15H2,1-4H3,(H,29,35)(H,33,36)(H3,28,30,31,34)/t16?,20-/m1/s1. The molecule has 0 aliphatic carbocycles. The highest BCUT2D eigenvalue weighted by molar-refractivity contribution is 5.98. The van der Waals surface area contributed by atoms with Crippen LogP contribution in [0.1, 0.15) is 37.8 Å². The molecule has 208 valence electrons. The van der Waals surface area contributed by atoms with Crippen LogP contribution in [0.25, 0.3) is 11.5 Å². The third-order valence-corrected chi connectivity index (χ3v) is 6.11. The van der Waals surface area contributed by atoms with E-state index in [1.165, 1.54) is 14.2 Å². The van der Waals surface area contributed by atoms with Gasteiger partial charge in [-0.1, -0.05) is 38.5 Å². The van der Waals surface area contributed by atoms with Crippen LogP contribution >= 0.6 is 0 Å². The number of methoxy groups -OCH3 is 2. The normalized spacial score (nSPS) is 12.9. The summed E-state index contributed by atoms with van der Waals surface area (Å²) in [6, 6.07) is 11.5. The first-order valence-corrected chi connectivity index (χ1v) is 12.5. The van der Waals surface area contributed by atoms with E-state index in [1.807, 2.05) is 13.8 Å². The molecule has 1 aromatic heterocycles. The molecule has 3 rings (SSSR count). The molecule has 5 N–H and O–H groups in total. The van der Waals surface area contributed by atoms with Gasteiger partial charge in [-0.25, -0.2) is 14.9 Å². The molecule has 2 amide bonds. The van der Waals surface area contributed by atoms with Crippen LogP contribution in [0.15, 0.2) is 56.7 Å². The fraction of sp³-hybridized carbons (Fsp3) is 0.370. The quantitative estimate of drug-likeness (QED) is 0.200. The number of benzene rings is 2. The van der Waals surface area contributed by atoms with E-state index >= 15 is 0 Å². The van der Waals surface area contributed by atoms with E-state index < -0.39 is 11.8 Å². The number of hydrogen-bond acceptors (Lipinski definition) is 8. The Labute approximate surface area is 226 Å². The van der Waals surface area contributed by atoms with E-state index in [2.05, 4.69) is 25.8 Å². The monoisotopic (exact) mass is 538 g/mol. The van der Waals surface area contributed by atoms with Gasteiger partial charge in [-0.3, -0.25) is 14.9 Å². The number of hydrogen-bond donors (Lipinski definition) is 4. The Hall–Kier alpha value is -4.61. The first kappa shape index (κ1) is 29.0. The van der Waals surface area contributed by atoms with Crippen molar-refractivity contribution < 1.29 is 23.5 Å². The average Bonchev–Trinajstić information content (AvgIpc) is 3.37. The number of nitrogens with zero attached hydrogens (tertiary/aromatic N) is 2. The first-order valence-electron chi connectivity index (χ1n) is 12.5. The zero-order chi connectivity index (χ0) is 28.4. The topological polar surface area (TPSA) is 174 Å². The third kappa shape index (κ3) is 8.45. The molecule has 0 saturated heterocycles. The highest BCUT2D eigenvalue weighted by atomic mass is 16.5. The Balaban J connectivity index is 1.62. The minimum Gasteiger partial charge on any atom is -0.493 e. The summed E-state index contributed by atoms with van der Waals surface area (Å²) in [6.45, 7) is 4.30. The smallest absolute Gasteiger partial charge is 0.434 e. The van der Waals surface area contributed by atoms with Crippen LogP contribution in [0, 0.1) is 5.92 Å². The molecule has 2 atom stereocenters. The lowest BCUT2D eigenvalue weighted by molar-refractivity contribution is -0.123. The first-order chi connectivity index (χ1) is 18.7. The highest BCUT2D eigenvalue weighted by Gasteiger charge is 2.21. The minimum absolute atomic E-state index is 0.0382. The Morgan fingerprint density at radius 3 is 2.41 bits per heavy atom. The van der Waals surface area contributed by atoms with Crippen molar-refractivity contribution in [3.8, 4) is 23.0 Å². The number of nitrogens with two attached hydrogens (primary N) is 1. The van der Waals surface area contributed by atoms with Gasteiger partial charge in [-0.05, 0) is 47.7 Å². The zero-order valence-corrected chi connectivity index (χ0v) is 22.4. The van der Waals surface area contributed by atoms with Gasteiger partial charge in [0.25, 0.3) is 0 Å². The molecule has 12 nitrogen and oxygen atoms in total. The Morgan fingerprint density at radius 2 is 1.79 bits per heavy atom. The number of aromatic amines is 1. The van der Waals surface area contributed by atoms with Crippen molar-refractivity contribution in [2.45, 2.75) is 45.7 Å². The molecular formula is C27H34N6O6. The second-order valence-electron chi connectivity index (χ2n) is 9.03. The van der Waals surface area contributed by atoms with Crippen LogP contribution in [-0.2, 0) is 22.6 Å². The molecule has 1 heterocycles. The van der Waals surface area contributed by atoms with Gasteiger partial charge >= 0.3 is 5.76 Å². The Morgan fingerprint density at radius 1 is 1.10 bits per heavy atom. The van der Waals surface area contributed by atoms with Crippen LogP contribution in [0.4, 0.5) is 0 Å². The molecule has 0 bridgehead atoms. The van der Waals surface area contributed by atoms with Crippen LogP contribution in [-0.4, -0.2) is 48.2 Å². The second kappa shape index (κ2) is 13.8. The average molecular weight is 539 g/mol. The second-order valence-corrected chi connectivity index (χ2v) is 9.03. The van der Waals surface area contributed by atoms with E-state index in [0.717, 1.165) is 12.0 Å². The van der Waals surface area contributed by atoms with Crippen molar-refractivity contribution in [1.82, 2.24) is 20.8 Å². The number of ether oxygens (including phenoxy) is 2. The van der Waals surface area contributed by atoms with Crippen LogP contribution in [0.5, 0.6) is 11.5 Å². The molecule has 39 heavy (non-hydrogen) atoms. The molecule has 0 aliphatic rings. The fourth-order valence-electron chi connectivity index (χ4n) is 3.75. The van der Waals surface area contributed by atoms with E-state index in [-0.39, 0.29) is 42.5 Å². The maximum absolute atomic E-state index is 13.0. The number of guanidine groups is 1. The van der Waals surface area contributed by atoms with Gasteiger partial charge in [-0.15, -0.1) is 5.10 Å². The minimum atomic E-state index is -0.779. The molecule has 0 aliphatic heterocycles. The number of aromatic nitrogens is 2. The summed E-state index contributed by atoms with van der Waals surface area (Å²) in [6.07, 6.45) is 1.36. The molecule has 0 saturated carbocycles. The van der Waals surface area contributed by atoms with Crippen molar-refractivity contribution in [1.29, 1.82) is 0 Å². The number of carbonyl (C=O) groups is 2. The van der Waals surface area contributed by atoms with Crippen molar-refractivity contribution >= 4 is 17.8 Å². The predicted molar refractivity (Wildman–Crippen MR) is 145 cm³/mol. The summed E-state index contributed by atoms with van der Waals surface area (Å²) in [7, 11) is 3.05. The maximum Gasteiger partial charge on any atom is 0.434 e.